The van der Waals surface area contributed by atoms with Crippen molar-refractivity contribution in [3.63, 3.8) is 0 Å². The van der Waals surface area contributed by atoms with E-state index in [1.807, 2.05) is 24.3 Å². The molecule has 0 spiro atoms. The van der Waals surface area contributed by atoms with Gasteiger partial charge in [0.2, 0.25) is 11.7 Å². The molecule has 2 heterocycles. The fourth-order valence-corrected chi connectivity index (χ4v) is 2.41. The summed E-state index contributed by atoms with van der Waals surface area (Å²) in [4.78, 5) is 4.41. The van der Waals surface area contributed by atoms with Gasteiger partial charge in [0, 0.05) is 23.0 Å². The Morgan fingerprint density at radius 3 is 3.05 bits per heavy atom. The van der Waals surface area contributed by atoms with Crippen molar-refractivity contribution in [2.75, 3.05) is 6.54 Å². The number of hydrogen-bond acceptors (Lipinski definition) is 4. The first-order valence-corrected chi connectivity index (χ1v) is 6.51. The van der Waals surface area contributed by atoms with Crippen LogP contribution in [0, 0.1) is 0 Å². The fraction of sp³-hybridized carbons (Fsp3) is 0.385. The SMILES string of the molecule is Cl.Clc1cccc(-c2noc(CC3CCCN3)n2)c1. The molecule has 1 fully saturated rings. The Labute approximate surface area is 122 Å². The molecule has 2 aromatic rings. The molecule has 1 saturated heterocycles. The van der Waals surface area contributed by atoms with Crippen LogP contribution in [0.1, 0.15) is 18.7 Å². The highest BCUT2D eigenvalue weighted by Crippen LogP contribution is 2.20. The third-order valence-corrected chi connectivity index (χ3v) is 3.37. The van der Waals surface area contributed by atoms with Crippen LogP contribution in [0.2, 0.25) is 5.02 Å². The summed E-state index contributed by atoms with van der Waals surface area (Å²) in [7, 11) is 0. The van der Waals surface area contributed by atoms with E-state index in [1.54, 1.807) is 0 Å². The molecule has 1 aliphatic rings. The molecule has 1 atom stereocenters. The summed E-state index contributed by atoms with van der Waals surface area (Å²) in [5, 5.41) is 8.09. The quantitative estimate of drug-likeness (QED) is 0.946. The topological polar surface area (TPSA) is 51.0 Å². The molecule has 0 radical (unpaired) electrons. The van der Waals surface area contributed by atoms with Gasteiger partial charge in [0.05, 0.1) is 0 Å². The van der Waals surface area contributed by atoms with Crippen molar-refractivity contribution < 1.29 is 4.52 Å². The van der Waals surface area contributed by atoms with Gasteiger partial charge in [0.25, 0.3) is 0 Å². The van der Waals surface area contributed by atoms with E-state index < -0.39 is 0 Å². The van der Waals surface area contributed by atoms with Crippen LogP contribution in [0.15, 0.2) is 28.8 Å². The predicted octanol–water partition coefficient (Wildman–Crippen LogP) is 3.11. The lowest BCUT2D eigenvalue weighted by atomic mass is 10.1. The normalized spacial score (nSPS) is 18.3. The second kappa shape index (κ2) is 6.37. The highest BCUT2D eigenvalue weighted by atomic mass is 35.5. The molecule has 4 nitrogen and oxygen atoms in total. The first-order valence-electron chi connectivity index (χ1n) is 6.13. The molecule has 19 heavy (non-hydrogen) atoms. The summed E-state index contributed by atoms with van der Waals surface area (Å²) >= 11 is 5.94. The van der Waals surface area contributed by atoms with Crippen LogP contribution >= 0.6 is 24.0 Å². The second-order valence-corrected chi connectivity index (χ2v) is 4.96. The van der Waals surface area contributed by atoms with Crippen LogP contribution in [0.4, 0.5) is 0 Å². The Kier molecular flexibility index (Phi) is 4.80. The Balaban J connectivity index is 0.00000133. The molecule has 3 rings (SSSR count). The van der Waals surface area contributed by atoms with Crippen molar-refractivity contribution in [2.45, 2.75) is 25.3 Å². The van der Waals surface area contributed by atoms with Crippen molar-refractivity contribution in [3.8, 4) is 11.4 Å². The second-order valence-electron chi connectivity index (χ2n) is 4.52. The lowest BCUT2D eigenvalue weighted by Gasteiger charge is -2.04. The van der Waals surface area contributed by atoms with Gasteiger partial charge in [0.1, 0.15) is 0 Å². The molecule has 1 aromatic carbocycles. The number of rotatable bonds is 3. The largest absolute Gasteiger partial charge is 0.339 e. The van der Waals surface area contributed by atoms with Gasteiger partial charge in [-0.25, -0.2) is 0 Å². The van der Waals surface area contributed by atoms with E-state index >= 15 is 0 Å². The summed E-state index contributed by atoms with van der Waals surface area (Å²) in [6.45, 7) is 1.08. The number of aromatic nitrogens is 2. The van der Waals surface area contributed by atoms with Crippen LogP contribution in [0.5, 0.6) is 0 Å². The Morgan fingerprint density at radius 1 is 1.42 bits per heavy atom. The van der Waals surface area contributed by atoms with E-state index in [2.05, 4.69) is 15.5 Å². The number of nitrogens with one attached hydrogen (secondary N) is 1. The average Bonchev–Trinajstić information content (AvgIpc) is 3.01. The van der Waals surface area contributed by atoms with E-state index in [4.69, 9.17) is 16.1 Å². The number of hydrogen-bond donors (Lipinski definition) is 1. The van der Waals surface area contributed by atoms with Crippen molar-refractivity contribution in [2.24, 2.45) is 0 Å². The standard InChI is InChI=1S/C13H14ClN3O.ClH/c14-10-4-1-3-9(7-10)13-16-12(18-17-13)8-11-5-2-6-15-11;/h1,3-4,7,11,15H,2,5-6,8H2;1H. The van der Waals surface area contributed by atoms with Crippen molar-refractivity contribution in [1.29, 1.82) is 0 Å². The van der Waals surface area contributed by atoms with E-state index in [1.165, 1.54) is 12.8 Å². The summed E-state index contributed by atoms with van der Waals surface area (Å²) < 4.78 is 5.28. The van der Waals surface area contributed by atoms with Crippen LogP contribution in [-0.4, -0.2) is 22.7 Å². The molecule has 6 heteroatoms. The summed E-state index contributed by atoms with van der Waals surface area (Å²) in [6.07, 6.45) is 3.20. The molecule has 0 amide bonds. The van der Waals surface area contributed by atoms with Gasteiger partial charge in [-0.15, -0.1) is 12.4 Å². The predicted molar refractivity (Wildman–Crippen MR) is 76.7 cm³/mol. The number of benzene rings is 1. The Hall–Kier alpha value is -1.10. The highest BCUT2D eigenvalue weighted by molar-refractivity contribution is 6.30. The van der Waals surface area contributed by atoms with Gasteiger partial charge in [0.15, 0.2) is 0 Å². The summed E-state index contributed by atoms with van der Waals surface area (Å²) in [5.41, 5.74) is 0.886. The third kappa shape index (κ3) is 3.47. The lowest BCUT2D eigenvalue weighted by molar-refractivity contribution is 0.364. The molecule has 0 aliphatic carbocycles. The minimum absolute atomic E-state index is 0. The van der Waals surface area contributed by atoms with Gasteiger partial charge in [-0.05, 0) is 31.5 Å². The molecule has 0 saturated carbocycles. The van der Waals surface area contributed by atoms with E-state index in [9.17, 15) is 0 Å². The zero-order chi connectivity index (χ0) is 12.4. The highest BCUT2D eigenvalue weighted by Gasteiger charge is 2.18. The lowest BCUT2D eigenvalue weighted by Crippen LogP contribution is -2.23. The minimum atomic E-state index is 0. The van der Waals surface area contributed by atoms with Crippen LogP contribution in [0.3, 0.4) is 0 Å². The third-order valence-electron chi connectivity index (χ3n) is 3.13. The molecular weight excluding hydrogens is 285 g/mol. The average molecular weight is 300 g/mol. The number of nitrogens with zero attached hydrogens (tertiary/aromatic N) is 2. The van der Waals surface area contributed by atoms with Gasteiger partial charge < -0.3 is 9.84 Å². The number of halogens is 2. The molecule has 0 bridgehead atoms. The Morgan fingerprint density at radius 2 is 2.32 bits per heavy atom. The van der Waals surface area contributed by atoms with E-state index in [0.717, 1.165) is 18.5 Å². The van der Waals surface area contributed by atoms with Gasteiger partial charge in [-0.1, -0.05) is 28.9 Å². The van der Waals surface area contributed by atoms with E-state index in [-0.39, 0.29) is 12.4 Å². The molecule has 1 unspecified atom stereocenters. The van der Waals surface area contributed by atoms with Crippen LogP contribution in [-0.2, 0) is 6.42 Å². The van der Waals surface area contributed by atoms with Crippen molar-refractivity contribution in [1.82, 2.24) is 15.5 Å². The first kappa shape index (κ1) is 14.3. The fourth-order valence-electron chi connectivity index (χ4n) is 2.22. The van der Waals surface area contributed by atoms with Gasteiger partial charge >= 0.3 is 0 Å². The maximum Gasteiger partial charge on any atom is 0.228 e. The zero-order valence-corrected chi connectivity index (χ0v) is 11.9. The molecule has 1 aliphatic heterocycles. The van der Waals surface area contributed by atoms with Crippen LogP contribution in [0.25, 0.3) is 11.4 Å². The van der Waals surface area contributed by atoms with E-state index in [0.29, 0.717) is 22.8 Å². The molecule has 1 N–H and O–H groups in total. The Bertz CT molecular complexity index is 538. The van der Waals surface area contributed by atoms with Gasteiger partial charge in [-0.2, -0.15) is 4.98 Å². The summed E-state index contributed by atoms with van der Waals surface area (Å²) in [5.74, 6) is 1.29. The monoisotopic (exact) mass is 299 g/mol. The smallest absolute Gasteiger partial charge is 0.228 e. The maximum absolute atomic E-state index is 5.94. The minimum Gasteiger partial charge on any atom is -0.339 e. The van der Waals surface area contributed by atoms with Gasteiger partial charge in [-0.3, -0.25) is 0 Å². The zero-order valence-electron chi connectivity index (χ0n) is 10.3. The van der Waals surface area contributed by atoms with Crippen LogP contribution < -0.4 is 5.32 Å². The molecule has 102 valence electrons. The van der Waals surface area contributed by atoms with Crippen molar-refractivity contribution >= 4 is 24.0 Å². The maximum atomic E-state index is 5.94. The summed E-state index contributed by atoms with van der Waals surface area (Å²) in [6, 6.07) is 7.94. The molecular formula is C13H15Cl2N3O. The first-order chi connectivity index (χ1) is 8.81. The van der Waals surface area contributed by atoms with Crippen molar-refractivity contribution in [3.05, 3.63) is 35.2 Å². The molecule has 1 aromatic heterocycles.